The van der Waals surface area contributed by atoms with E-state index in [0.29, 0.717) is 6.54 Å². The summed E-state index contributed by atoms with van der Waals surface area (Å²) >= 11 is 5.78. The lowest BCUT2D eigenvalue weighted by Crippen LogP contribution is -2.40. The van der Waals surface area contributed by atoms with Crippen LogP contribution >= 0.6 is 11.6 Å². The van der Waals surface area contributed by atoms with Gasteiger partial charge in [0.1, 0.15) is 11.0 Å². The number of halogens is 2. The molecule has 1 rings (SSSR count). The molecule has 0 atom stereocenters. The zero-order chi connectivity index (χ0) is 14.6. The quantitative estimate of drug-likeness (QED) is 0.845. The van der Waals surface area contributed by atoms with Crippen LogP contribution in [0.15, 0.2) is 12.3 Å². The number of rotatable bonds is 5. The molecule has 0 aliphatic rings. The van der Waals surface area contributed by atoms with Crippen LogP contribution in [0.2, 0.25) is 5.15 Å². The van der Waals surface area contributed by atoms with Gasteiger partial charge in [0.05, 0.1) is 11.8 Å². The van der Waals surface area contributed by atoms with Gasteiger partial charge >= 0.3 is 0 Å². The molecule has 1 amide bonds. The van der Waals surface area contributed by atoms with Crippen molar-refractivity contribution in [2.75, 3.05) is 27.2 Å². The van der Waals surface area contributed by atoms with Crippen LogP contribution in [-0.2, 0) is 0 Å². The summed E-state index contributed by atoms with van der Waals surface area (Å²) in [5.74, 6) is -0.995. The number of pyridine rings is 1. The van der Waals surface area contributed by atoms with E-state index in [-0.39, 0.29) is 16.1 Å². The molecule has 0 aliphatic heterocycles. The molecule has 0 aromatic carbocycles. The first-order chi connectivity index (χ1) is 8.71. The van der Waals surface area contributed by atoms with Gasteiger partial charge in [0, 0.05) is 13.1 Å². The second-order valence-electron chi connectivity index (χ2n) is 5.58. The van der Waals surface area contributed by atoms with E-state index in [9.17, 15) is 9.18 Å². The van der Waals surface area contributed by atoms with Gasteiger partial charge in [-0.15, -0.1) is 0 Å². The molecule has 0 fully saturated rings. The number of nitrogens with zero attached hydrogens (tertiary/aromatic N) is 2. The average Bonchev–Trinajstić information content (AvgIpc) is 2.27. The van der Waals surface area contributed by atoms with E-state index in [1.165, 1.54) is 0 Å². The summed E-state index contributed by atoms with van der Waals surface area (Å²) in [4.78, 5) is 17.6. The normalized spacial score (nSPS) is 11.7. The zero-order valence-corrected chi connectivity index (χ0v) is 12.4. The molecule has 106 valence electrons. The predicted octanol–water partition coefficient (Wildman–Crippen LogP) is 2.19. The van der Waals surface area contributed by atoms with Gasteiger partial charge in [0.25, 0.3) is 5.91 Å². The maximum absolute atomic E-state index is 13.0. The number of amides is 1. The van der Waals surface area contributed by atoms with E-state index < -0.39 is 11.7 Å². The Morgan fingerprint density at radius 2 is 2.16 bits per heavy atom. The van der Waals surface area contributed by atoms with Crippen molar-refractivity contribution in [3.8, 4) is 0 Å². The van der Waals surface area contributed by atoms with Crippen LogP contribution < -0.4 is 5.32 Å². The highest BCUT2D eigenvalue weighted by Gasteiger charge is 2.21. The summed E-state index contributed by atoms with van der Waals surface area (Å²) < 4.78 is 13.0. The average molecular weight is 288 g/mol. The molecule has 0 bridgehead atoms. The zero-order valence-electron chi connectivity index (χ0n) is 11.6. The van der Waals surface area contributed by atoms with Crippen LogP contribution in [0.1, 0.15) is 24.2 Å². The molecule has 0 saturated heterocycles. The number of nitrogens with one attached hydrogen (secondary N) is 1. The van der Waals surface area contributed by atoms with Gasteiger partial charge in [0.15, 0.2) is 0 Å². The molecule has 0 saturated carbocycles. The molecule has 1 aromatic rings. The minimum atomic E-state index is -0.581. The molecule has 0 aliphatic carbocycles. The number of carbonyl (C=O) groups is 1. The summed E-state index contributed by atoms with van der Waals surface area (Å²) in [7, 11) is 3.94. The molecule has 19 heavy (non-hydrogen) atoms. The minimum Gasteiger partial charge on any atom is -0.351 e. The Balaban J connectivity index is 2.68. The topological polar surface area (TPSA) is 45.2 Å². The Kier molecular flexibility index (Phi) is 5.26. The Hall–Kier alpha value is -1.20. The molecular weight excluding hydrogens is 269 g/mol. The summed E-state index contributed by atoms with van der Waals surface area (Å²) in [6.07, 6.45) is 0.981. The van der Waals surface area contributed by atoms with E-state index in [0.717, 1.165) is 18.8 Å². The third-order valence-electron chi connectivity index (χ3n) is 2.52. The van der Waals surface area contributed by atoms with Crippen molar-refractivity contribution in [2.24, 2.45) is 5.41 Å². The Bertz CT molecular complexity index is 463. The van der Waals surface area contributed by atoms with E-state index in [1.807, 2.05) is 32.8 Å². The largest absolute Gasteiger partial charge is 0.351 e. The summed E-state index contributed by atoms with van der Waals surface area (Å²) in [5, 5.41) is 2.76. The fourth-order valence-electron chi connectivity index (χ4n) is 1.91. The fourth-order valence-corrected chi connectivity index (χ4v) is 2.10. The second kappa shape index (κ2) is 6.30. The SMILES string of the molecule is CN(C)CC(C)(C)CNC(=O)c1cc(F)cnc1Cl. The third kappa shape index (κ3) is 5.12. The Morgan fingerprint density at radius 1 is 1.53 bits per heavy atom. The van der Waals surface area contributed by atoms with Crippen molar-refractivity contribution in [1.29, 1.82) is 0 Å². The van der Waals surface area contributed by atoms with Crippen LogP contribution in [0.4, 0.5) is 4.39 Å². The molecule has 0 spiro atoms. The lowest BCUT2D eigenvalue weighted by Gasteiger charge is -2.28. The van der Waals surface area contributed by atoms with Crippen LogP contribution in [0.5, 0.6) is 0 Å². The Morgan fingerprint density at radius 3 is 2.74 bits per heavy atom. The highest BCUT2D eigenvalue weighted by molar-refractivity contribution is 6.32. The predicted molar refractivity (Wildman–Crippen MR) is 73.9 cm³/mol. The van der Waals surface area contributed by atoms with Crippen molar-refractivity contribution in [2.45, 2.75) is 13.8 Å². The van der Waals surface area contributed by atoms with Crippen LogP contribution in [-0.4, -0.2) is 43.0 Å². The van der Waals surface area contributed by atoms with Crippen LogP contribution in [0.3, 0.4) is 0 Å². The first-order valence-corrected chi connectivity index (χ1v) is 6.33. The standard InChI is InChI=1S/C13H19ClFN3O/c1-13(2,8-18(3)4)7-17-12(19)10-5-9(15)6-16-11(10)14/h5-6H,7-8H2,1-4H3,(H,17,19). The number of hydrogen-bond donors (Lipinski definition) is 1. The molecule has 4 nitrogen and oxygen atoms in total. The van der Waals surface area contributed by atoms with Gasteiger partial charge in [-0.1, -0.05) is 25.4 Å². The number of carbonyl (C=O) groups excluding carboxylic acids is 1. The monoisotopic (exact) mass is 287 g/mol. The van der Waals surface area contributed by atoms with E-state index in [4.69, 9.17) is 11.6 Å². The molecule has 1 heterocycles. The molecule has 0 unspecified atom stereocenters. The number of aromatic nitrogens is 1. The highest BCUT2D eigenvalue weighted by atomic mass is 35.5. The van der Waals surface area contributed by atoms with E-state index >= 15 is 0 Å². The smallest absolute Gasteiger partial charge is 0.254 e. The first-order valence-electron chi connectivity index (χ1n) is 5.95. The van der Waals surface area contributed by atoms with Crippen LogP contribution in [0, 0.1) is 11.2 Å². The lowest BCUT2D eigenvalue weighted by molar-refractivity contribution is 0.0928. The summed E-state index contributed by atoms with van der Waals surface area (Å²) in [6, 6.07) is 1.09. The van der Waals surface area contributed by atoms with Gasteiger partial charge in [-0.3, -0.25) is 4.79 Å². The molecule has 6 heteroatoms. The van der Waals surface area contributed by atoms with Gasteiger partial charge in [-0.05, 0) is 25.6 Å². The maximum atomic E-state index is 13.0. The molecule has 0 radical (unpaired) electrons. The molecular formula is C13H19ClFN3O. The second-order valence-corrected chi connectivity index (χ2v) is 5.93. The fraction of sp³-hybridized carbons (Fsp3) is 0.538. The van der Waals surface area contributed by atoms with Crippen molar-refractivity contribution in [3.05, 3.63) is 28.8 Å². The third-order valence-corrected chi connectivity index (χ3v) is 2.82. The summed E-state index contributed by atoms with van der Waals surface area (Å²) in [6.45, 7) is 5.37. The number of hydrogen-bond acceptors (Lipinski definition) is 3. The van der Waals surface area contributed by atoms with Crippen molar-refractivity contribution in [1.82, 2.24) is 15.2 Å². The van der Waals surface area contributed by atoms with E-state index in [2.05, 4.69) is 10.3 Å². The maximum Gasteiger partial charge on any atom is 0.254 e. The van der Waals surface area contributed by atoms with Gasteiger partial charge in [-0.2, -0.15) is 0 Å². The lowest BCUT2D eigenvalue weighted by atomic mass is 9.93. The van der Waals surface area contributed by atoms with E-state index in [1.54, 1.807) is 0 Å². The van der Waals surface area contributed by atoms with Gasteiger partial charge in [0.2, 0.25) is 0 Å². The van der Waals surface area contributed by atoms with Gasteiger partial charge < -0.3 is 10.2 Å². The van der Waals surface area contributed by atoms with Gasteiger partial charge in [-0.25, -0.2) is 9.37 Å². The van der Waals surface area contributed by atoms with Crippen LogP contribution in [0.25, 0.3) is 0 Å². The molecule has 1 aromatic heterocycles. The Labute approximate surface area is 118 Å². The molecule has 1 N–H and O–H groups in total. The highest BCUT2D eigenvalue weighted by Crippen LogP contribution is 2.16. The first kappa shape index (κ1) is 15.9. The van der Waals surface area contributed by atoms with Crippen molar-refractivity contribution in [3.63, 3.8) is 0 Å². The minimum absolute atomic E-state index is 0.00400. The van der Waals surface area contributed by atoms with Crippen molar-refractivity contribution < 1.29 is 9.18 Å². The summed E-state index contributed by atoms with van der Waals surface area (Å²) in [5.41, 5.74) is -0.0332. The van der Waals surface area contributed by atoms with Crippen molar-refractivity contribution >= 4 is 17.5 Å².